The van der Waals surface area contributed by atoms with E-state index in [1.807, 2.05) is 6.92 Å². The minimum absolute atomic E-state index is 0.0651. The van der Waals surface area contributed by atoms with E-state index in [1.54, 1.807) is 25.1 Å². The lowest BCUT2D eigenvalue weighted by atomic mass is 10.2. The number of rotatable bonds is 8. The molecule has 0 unspecified atom stereocenters. The van der Waals surface area contributed by atoms with Crippen LogP contribution in [0.3, 0.4) is 0 Å². The van der Waals surface area contributed by atoms with Crippen LogP contribution in [0.15, 0.2) is 17.0 Å². The van der Waals surface area contributed by atoms with Crippen molar-refractivity contribution in [2.45, 2.75) is 13.8 Å². The van der Waals surface area contributed by atoms with Gasteiger partial charge in [-0.15, -0.1) is 6.42 Å². The molecule has 7 nitrogen and oxygen atoms in total. The number of terminal acetylenes is 1. The van der Waals surface area contributed by atoms with Gasteiger partial charge in [0.05, 0.1) is 28.2 Å². The predicted molar refractivity (Wildman–Crippen MR) is 114 cm³/mol. The average molecular weight is 515 g/mol. The first-order chi connectivity index (χ1) is 13.4. The summed E-state index contributed by atoms with van der Waals surface area (Å²) in [6.45, 7) is 3.88. The van der Waals surface area contributed by atoms with Crippen molar-refractivity contribution in [3.05, 3.63) is 26.2 Å². The molecule has 9 heteroatoms. The molecule has 148 valence electrons. The third kappa shape index (κ3) is 5.42. The van der Waals surface area contributed by atoms with Crippen LogP contribution in [0.4, 0.5) is 4.79 Å². The highest BCUT2D eigenvalue weighted by atomic mass is 127. The van der Waals surface area contributed by atoms with E-state index in [-0.39, 0.29) is 24.7 Å². The van der Waals surface area contributed by atoms with Gasteiger partial charge in [-0.25, -0.2) is 4.79 Å². The van der Waals surface area contributed by atoms with E-state index < -0.39 is 17.1 Å². The molecule has 1 saturated heterocycles. The minimum atomic E-state index is -0.480. The summed E-state index contributed by atoms with van der Waals surface area (Å²) in [6.07, 6.45) is 6.80. The Hall–Kier alpha value is -2.19. The van der Waals surface area contributed by atoms with Crippen molar-refractivity contribution in [1.29, 1.82) is 0 Å². The maximum absolute atomic E-state index is 12.3. The van der Waals surface area contributed by atoms with Gasteiger partial charge < -0.3 is 14.2 Å². The molecule has 1 aliphatic heterocycles. The average Bonchev–Trinajstić information content (AvgIpc) is 2.89. The molecular formula is C19H18INO6S. The summed E-state index contributed by atoms with van der Waals surface area (Å²) in [7, 11) is 0. The molecule has 0 saturated carbocycles. The van der Waals surface area contributed by atoms with Crippen molar-refractivity contribution in [2.24, 2.45) is 0 Å². The Morgan fingerprint density at radius 1 is 1.29 bits per heavy atom. The van der Waals surface area contributed by atoms with Crippen molar-refractivity contribution in [3.8, 4) is 23.8 Å². The molecule has 1 aliphatic rings. The van der Waals surface area contributed by atoms with E-state index in [4.69, 9.17) is 20.6 Å². The van der Waals surface area contributed by atoms with Gasteiger partial charge in [-0.2, -0.15) is 0 Å². The van der Waals surface area contributed by atoms with Crippen molar-refractivity contribution < 1.29 is 28.6 Å². The summed E-state index contributed by atoms with van der Waals surface area (Å²) >= 11 is 2.88. The van der Waals surface area contributed by atoms with Gasteiger partial charge in [0, 0.05) is 0 Å². The molecule has 0 spiro atoms. The Balaban J connectivity index is 2.29. The lowest BCUT2D eigenvalue weighted by molar-refractivity contribution is -0.145. The SMILES string of the molecule is C#CCN1C(=O)S/C(=C/c2cc(I)c(OCC(=O)OCC)c(OCC)c2)C1=O. The maximum Gasteiger partial charge on any atom is 0.344 e. The van der Waals surface area contributed by atoms with Gasteiger partial charge in [0.15, 0.2) is 18.1 Å². The number of esters is 1. The van der Waals surface area contributed by atoms with Gasteiger partial charge >= 0.3 is 5.97 Å². The first kappa shape index (κ1) is 22.1. The van der Waals surface area contributed by atoms with Crippen LogP contribution >= 0.6 is 34.4 Å². The first-order valence-electron chi connectivity index (χ1n) is 8.34. The molecule has 2 amide bonds. The van der Waals surface area contributed by atoms with Gasteiger partial charge in [-0.1, -0.05) is 5.92 Å². The van der Waals surface area contributed by atoms with Crippen LogP contribution in [-0.4, -0.2) is 48.4 Å². The molecule has 2 rings (SSSR count). The van der Waals surface area contributed by atoms with E-state index in [0.29, 0.717) is 27.2 Å². The summed E-state index contributed by atoms with van der Waals surface area (Å²) in [6, 6.07) is 3.44. The number of carbonyl (C=O) groups is 3. The Morgan fingerprint density at radius 3 is 2.68 bits per heavy atom. The fourth-order valence-corrected chi connectivity index (χ4v) is 3.91. The number of imide groups is 1. The number of hydrogen-bond acceptors (Lipinski definition) is 7. The third-order valence-electron chi connectivity index (χ3n) is 3.39. The molecule has 0 aliphatic carbocycles. The van der Waals surface area contributed by atoms with Crippen molar-refractivity contribution in [1.82, 2.24) is 4.90 Å². The summed E-state index contributed by atoms with van der Waals surface area (Å²) in [5.74, 6) is 2.22. The molecule has 28 heavy (non-hydrogen) atoms. The number of ether oxygens (including phenoxy) is 3. The minimum Gasteiger partial charge on any atom is -0.490 e. The van der Waals surface area contributed by atoms with Gasteiger partial charge in [-0.3, -0.25) is 14.5 Å². The highest BCUT2D eigenvalue weighted by Gasteiger charge is 2.34. The number of thioether (sulfide) groups is 1. The second-order valence-electron chi connectivity index (χ2n) is 5.33. The zero-order chi connectivity index (χ0) is 20.7. The Bertz CT molecular complexity index is 861. The van der Waals surface area contributed by atoms with Crippen LogP contribution in [0.2, 0.25) is 0 Å². The van der Waals surface area contributed by atoms with Crippen LogP contribution < -0.4 is 9.47 Å². The van der Waals surface area contributed by atoms with Gasteiger partial charge in [0.1, 0.15) is 0 Å². The fourth-order valence-electron chi connectivity index (χ4n) is 2.29. The molecule has 1 heterocycles. The zero-order valence-corrected chi connectivity index (χ0v) is 18.3. The Labute approximate surface area is 180 Å². The summed E-state index contributed by atoms with van der Waals surface area (Å²) in [5, 5.41) is -0.400. The monoisotopic (exact) mass is 515 g/mol. The zero-order valence-electron chi connectivity index (χ0n) is 15.3. The maximum atomic E-state index is 12.3. The molecule has 0 aromatic heterocycles. The van der Waals surface area contributed by atoms with Gasteiger partial charge in [0.25, 0.3) is 11.1 Å². The van der Waals surface area contributed by atoms with Crippen LogP contribution in [0.25, 0.3) is 6.08 Å². The fraction of sp³-hybridized carbons (Fsp3) is 0.316. The standard InChI is InChI=1S/C19H18INO6S/c1-4-7-21-18(23)15(28-19(21)24)10-12-8-13(20)17(14(9-12)25-5-2)27-11-16(22)26-6-3/h1,8-10H,5-7,11H2,2-3H3/b15-10+. The molecule has 0 bridgehead atoms. The normalized spacial score (nSPS) is 14.9. The number of amides is 2. The molecular weight excluding hydrogens is 497 g/mol. The number of hydrogen-bond donors (Lipinski definition) is 0. The lowest BCUT2D eigenvalue weighted by Gasteiger charge is -2.14. The van der Waals surface area contributed by atoms with E-state index in [9.17, 15) is 14.4 Å². The number of halogens is 1. The van der Waals surface area contributed by atoms with Crippen LogP contribution in [0, 0.1) is 15.9 Å². The van der Waals surface area contributed by atoms with Crippen molar-refractivity contribution in [3.63, 3.8) is 0 Å². The largest absolute Gasteiger partial charge is 0.490 e. The molecule has 1 aromatic rings. The van der Waals surface area contributed by atoms with E-state index in [1.165, 1.54) is 0 Å². The molecule has 1 aromatic carbocycles. The third-order valence-corrected chi connectivity index (χ3v) is 5.10. The van der Waals surface area contributed by atoms with Gasteiger partial charge in [-0.05, 0) is 72.0 Å². The van der Waals surface area contributed by atoms with E-state index in [2.05, 4.69) is 28.5 Å². The second kappa shape index (κ2) is 10.4. The van der Waals surface area contributed by atoms with Crippen molar-refractivity contribution >= 4 is 57.5 Å². The smallest absolute Gasteiger partial charge is 0.344 e. The molecule has 1 fully saturated rings. The number of nitrogens with zero attached hydrogens (tertiary/aromatic N) is 1. The molecule has 0 atom stereocenters. The van der Waals surface area contributed by atoms with E-state index in [0.717, 1.165) is 16.7 Å². The summed E-state index contributed by atoms with van der Waals surface area (Å²) < 4.78 is 16.7. The van der Waals surface area contributed by atoms with E-state index >= 15 is 0 Å². The summed E-state index contributed by atoms with van der Waals surface area (Å²) in [5.41, 5.74) is 0.655. The summed E-state index contributed by atoms with van der Waals surface area (Å²) in [4.78, 5) is 37.1. The van der Waals surface area contributed by atoms with Gasteiger partial charge in [0.2, 0.25) is 0 Å². The first-order valence-corrected chi connectivity index (χ1v) is 10.2. The Kier molecular flexibility index (Phi) is 8.19. The number of benzene rings is 1. The number of carbonyl (C=O) groups excluding carboxylic acids is 3. The Morgan fingerprint density at radius 2 is 2.04 bits per heavy atom. The highest BCUT2D eigenvalue weighted by molar-refractivity contribution is 14.1. The van der Waals surface area contributed by atoms with Crippen LogP contribution in [0.5, 0.6) is 11.5 Å². The lowest BCUT2D eigenvalue weighted by Crippen LogP contribution is -2.28. The second-order valence-corrected chi connectivity index (χ2v) is 7.48. The highest BCUT2D eigenvalue weighted by Crippen LogP contribution is 2.37. The predicted octanol–water partition coefficient (Wildman–Crippen LogP) is 3.30. The quantitative estimate of drug-likeness (QED) is 0.228. The topological polar surface area (TPSA) is 82.1 Å². The van der Waals surface area contributed by atoms with Crippen LogP contribution in [0.1, 0.15) is 19.4 Å². The molecule has 0 radical (unpaired) electrons. The molecule has 0 N–H and O–H groups in total. The van der Waals surface area contributed by atoms with Crippen LogP contribution in [-0.2, 0) is 14.3 Å². The van der Waals surface area contributed by atoms with Crippen molar-refractivity contribution in [2.75, 3.05) is 26.4 Å².